The van der Waals surface area contributed by atoms with E-state index in [9.17, 15) is 4.79 Å². The van der Waals surface area contributed by atoms with Crippen LogP contribution in [-0.2, 0) is 16.0 Å². The van der Waals surface area contributed by atoms with Crippen LogP contribution in [0.25, 0.3) is 0 Å². The Bertz CT molecular complexity index is 800. The molecule has 0 radical (unpaired) electrons. The van der Waals surface area contributed by atoms with Gasteiger partial charge < -0.3 is 4.74 Å². The molecule has 4 nitrogen and oxygen atoms in total. The van der Waals surface area contributed by atoms with Crippen molar-refractivity contribution < 1.29 is 9.53 Å². The zero-order valence-corrected chi connectivity index (χ0v) is 13.5. The zero-order valence-electron chi connectivity index (χ0n) is 13.5. The van der Waals surface area contributed by atoms with Gasteiger partial charge in [-0.05, 0) is 54.2 Å². The van der Waals surface area contributed by atoms with Gasteiger partial charge in [0.15, 0.2) is 0 Å². The molecule has 0 saturated carbocycles. The molecule has 0 heterocycles. The normalized spacial score (nSPS) is 11.1. The Balaban J connectivity index is 2.18. The fourth-order valence-electron chi connectivity index (χ4n) is 2.67. The van der Waals surface area contributed by atoms with Crippen LogP contribution >= 0.6 is 0 Å². The number of carbonyl (C=O) groups is 1. The Labute approximate surface area is 141 Å². The Morgan fingerprint density at radius 1 is 1.08 bits per heavy atom. The van der Waals surface area contributed by atoms with Crippen molar-refractivity contribution in [3.63, 3.8) is 0 Å². The van der Waals surface area contributed by atoms with Crippen molar-refractivity contribution in [2.75, 3.05) is 7.11 Å². The van der Waals surface area contributed by atoms with Crippen LogP contribution in [0.5, 0.6) is 0 Å². The van der Waals surface area contributed by atoms with Gasteiger partial charge in [-0.15, -0.1) is 0 Å². The van der Waals surface area contributed by atoms with E-state index < -0.39 is 0 Å². The van der Waals surface area contributed by atoms with E-state index in [1.807, 2.05) is 36.4 Å². The smallest absolute Gasteiger partial charge is 0.306 e. The average molecular weight is 318 g/mol. The molecule has 0 saturated heterocycles. The Morgan fingerprint density at radius 2 is 1.75 bits per heavy atom. The summed E-state index contributed by atoms with van der Waals surface area (Å²) in [5, 5.41) is 18.0. The summed E-state index contributed by atoms with van der Waals surface area (Å²) in [6.07, 6.45) is 1.75. The second-order valence-electron chi connectivity index (χ2n) is 5.57. The van der Waals surface area contributed by atoms with E-state index in [0.717, 1.165) is 24.0 Å². The highest BCUT2D eigenvalue weighted by Crippen LogP contribution is 2.26. The summed E-state index contributed by atoms with van der Waals surface area (Å²) in [5.74, 6) is -0.301. The number of hydrogen-bond acceptors (Lipinski definition) is 4. The zero-order chi connectivity index (χ0) is 17.4. The van der Waals surface area contributed by atoms with E-state index in [2.05, 4.69) is 12.1 Å². The number of rotatable bonds is 6. The third-order valence-corrected chi connectivity index (χ3v) is 3.97. The maximum atomic E-state index is 11.7. The van der Waals surface area contributed by atoms with E-state index in [1.165, 1.54) is 7.11 Å². The molecule has 0 fully saturated rings. The summed E-state index contributed by atoms with van der Waals surface area (Å²) in [6, 6.07) is 19.0. The summed E-state index contributed by atoms with van der Waals surface area (Å²) < 4.78 is 4.80. The number of ether oxygens (including phenoxy) is 1. The van der Waals surface area contributed by atoms with Crippen LogP contribution in [0.3, 0.4) is 0 Å². The number of aryl methyl sites for hydroxylation is 1. The number of nitrogens with zero attached hydrogens (tertiary/aromatic N) is 2. The first-order valence-corrected chi connectivity index (χ1v) is 7.72. The Morgan fingerprint density at radius 3 is 2.42 bits per heavy atom. The molecular formula is C20H18N2O2. The van der Waals surface area contributed by atoms with Crippen molar-refractivity contribution in [1.29, 1.82) is 10.5 Å². The molecule has 0 aliphatic carbocycles. The first kappa shape index (κ1) is 17.2. The van der Waals surface area contributed by atoms with Crippen LogP contribution in [0.1, 0.15) is 41.0 Å². The molecule has 1 unspecified atom stereocenters. The minimum atomic E-state index is -0.270. The van der Waals surface area contributed by atoms with Gasteiger partial charge in [0, 0.05) is 0 Å². The van der Waals surface area contributed by atoms with E-state index in [4.69, 9.17) is 15.3 Å². The topological polar surface area (TPSA) is 73.9 Å². The van der Waals surface area contributed by atoms with Crippen LogP contribution in [0.2, 0.25) is 0 Å². The maximum Gasteiger partial charge on any atom is 0.306 e. The lowest BCUT2D eigenvalue weighted by Gasteiger charge is -2.16. The van der Waals surface area contributed by atoms with Crippen LogP contribution in [0, 0.1) is 22.7 Å². The molecular weight excluding hydrogens is 300 g/mol. The van der Waals surface area contributed by atoms with Crippen LogP contribution < -0.4 is 0 Å². The van der Waals surface area contributed by atoms with Gasteiger partial charge in [0.1, 0.15) is 0 Å². The molecule has 2 rings (SSSR count). The van der Waals surface area contributed by atoms with Crippen molar-refractivity contribution >= 4 is 5.97 Å². The van der Waals surface area contributed by atoms with Gasteiger partial charge in [0.2, 0.25) is 0 Å². The van der Waals surface area contributed by atoms with Crippen LogP contribution in [0.15, 0.2) is 48.5 Å². The largest absolute Gasteiger partial charge is 0.469 e. The highest BCUT2D eigenvalue weighted by Gasteiger charge is 2.17. The SMILES string of the molecule is COC(=O)CC(CCc1cccc(C#N)c1)c1cccc(C#N)c1. The lowest BCUT2D eigenvalue weighted by Crippen LogP contribution is -2.10. The molecule has 4 heteroatoms. The number of carbonyl (C=O) groups excluding carboxylic acids is 1. The lowest BCUT2D eigenvalue weighted by atomic mass is 9.88. The standard InChI is InChI=1S/C20H18N2O2/c1-24-20(23)12-19(18-7-3-6-17(11-18)14-22)9-8-15-4-2-5-16(10-15)13-21/h2-7,10-11,19H,8-9,12H2,1H3. The monoisotopic (exact) mass is 318 g/mol. The Kier molecular flexibility index (Phi) is 6.11. The summed E-state index contributed by atoms with van der Waals surface area (Å²) in [6.45, 7) is 0. The molecule has 0 amide bonds. The summed E-state index contributed by atoms with van der Waals surface area (Å²) in [7, 11) is 1.38. The second kappa shape index (κ2) is 8.50. The quantitative estimate of drug-likeness (QED) is 0.761. The molecule has 0 N–H and O–H groups in total. The van der Waals surface area contributed by atoms with Crippen LogP contribution in [-0.4, -0.2) is 13.1 Å². The maximum absolute atomic E-state index is 11.7. The van der Waals surface area contributed by atoms with E-state index in [1.54, 1.807) is 12.1 Å². The second-order valence-corrected chi connectivity index (χ2v) is 5.57. The highest BCUT2D eigenvalue weighted by atomic mass is 16.5. The number of benzene rings is 2. The molecule has 0 aromatic heterocycles. The predicted octanol–water partition coefficient (Wildman–Crippen LogP) is 3.71. The molecule has 0 spiro atoms. The van der Waals surface area contributed by atoms with Gasteiger partial charge in [-0.1, -0.05) is 24.3 Å². The van der Waals surface area contributed by atoms with Gasteiger partial charge in [-0.2, -0.15) is 10.5 Å². The third kappa shape index (κ3) is 4.69. The van der Waals surface area contributed by atoms with Crippen molar-refractivity contribution in [3.05, 3.63) is 70.8 Å². The fourth-order valence-corrected chi connectivity index (χ4v) is 2.67. The number of esters is 1. The molecule has 2 aromatic rings. The fraction of sp³-hybridized carbons (Fsp3) is 0.250. The lowest BCUT2D eigenvalue weighted by molar-refractivity contribution is -0.141. The molecule has 120 valence electrons. The van der Waals surface area contributed by atoms with E-state index in [0.29, 0.717) is 11.1 Å². The third-order valence-electron chi connectivity index (χ3n) is 3.97. The number of hydrogen-bond donors (Lipinski definition) is 0. The first-order valence-electron chi connectivity index (χ1n) is 7.72. The molecule has 2 aromatic carbocycles. The van der Waals surface area contributed by atoms with Gasteiger partial charge in [0.05, 0.1) is 36.8 Å². The Hall–Kier alpha value is -3.11. The van der Waals surface area contributed by atoms with Crippen LogP contribution in [0.4, 0.5) is 0 Å². The molecule has 1 atom stereocenters. The number of nitriles is 2. The summed E-state index contributed by atoms with van der Waals surface area (Å²) >= 11 is 0. The minimum absolute atomic E-state index is 0.0310. The number of methoxy groups -OCH3 is 1. The summed E-state index contributed by atoms with van der Waals surface area (Å²) in [4.78, 5) is 11.7. The average Bonchev–Trinajstić information content (AvgIpc) is 2.65. The molecule has 0 aliphatic rings. The highest BCUT2D eigenvalue weighted by molar-refractivity contribution is 5.70. The first-order chi connectivity index (χ1) is 11.7. The van der Waals surface area contributed by atoms with Crippen molar-refractivity contribution in [3.8, 4) is 12.1 Å². The van der Waals surface area contributed by atoms with Gasteiger partial charge >= 0.3 is 5.97 Å². The van der Waals surface area contributed by atoms with E-state index in [-0.39, 0.29) is 18.3 Å². The van der Waals surface area contributed by atoms with Gasteiger partial charge in [0.25, 0.3) is 0 Å². The minimum Gasteiger partial charge on any atom is -0.469 e. The summed E-state index contributed by atoms with van der Waals surface area (Å²) in [5.41, 5.74) is 3.22. The van der Waals surface area contributed by atoms with Crippen molar-refractivity contribution in [1.82, 2.24) is 0 Å². The van der Waals surface area contributed by atoms with Gasteiger partial charge in [-0.25, -0.2) is 0 Å². The van der Waals surface area contributed by atoms with E-state index >= 15 is 0 Å². The van der Waals surface area contributed by atoms with Crippen molar-refractivity contribution in [2.24, 2.45) is 0 Å². The predicted molar refractivity (Wildman–Crippen MR) is 90.0 cm³/mol. The van der Waals surface area contributed by atoms with Crippen molar-refractivity contribution in [2.45, 2.75) is 25.2 Å². The molecule has 0 bridgehead atoms. The molecule has 0 aliphatic heterocycles. The molecule has 24 heavy (non-hydrogen) atoms. The van der Waals surface area contributed by atoms with Gasteiger partial charge in [-0.3, -0.25) is 4.79 Å².